The highest BCUT2D eigenvalue weighted by Crippen LogP contribution is 2.35. The molecule has 108 valence electrons. The number of hydrogen-bond donors (Lipinski definition) is 0. The normalized spacial score (nSPS) is 12.2. The second-order valence-electron chi connectivity index (χ2n) is 4.99. The average Bonchev–Trinajstić information content (AvgIpc) is 2.55. The predicted octanol–water partition coefficient (Wildman–Crippen LogP) is 1.89. The highest BCUT2D eigenvalue weighted by atomic mass is 16.5. The van der Waals surface area contributed by atoms with E-state index >= 15 is 0 Å². The second kappa shape index (κ2) is 4.77. The second-order valence-corrected chi connectivity index (χ2v) is 4.99. The summed E-state index contributed by atoms with van der Waals surface area (Å²) < 4.78 is 7.30. The minimum atomic E-state index is -0.144. The molecular weight excluding hydrogens is 280 g/mol. The van der Waals surface area contributed by atoms with Gasteiger partial charge in [-0.25, -0.2) is 9.97 Å². The quantitative estimate of drug-likeness (QED) is 0.685. The smallest absolute Gasteiger partial charge is 0.255 e. The number of nitrogens with zero attached hydrogens (tertiary/aromatic N) is 4. The first-order valence-electron chi connectivity index (χ1n) is 6.86. The van der Waals surface area contributed by atoms with Gasteiger partial charge < -0.3 is 4.74 Å². The van der Waals surface area contributed by atoms with E-state index in [4.69, 9.17) is 4.74 Å². The van der Waals surface area contributed by atoms with E-state index < -0.39 is 0 Å². The lowest BCUT2D eigenvalue weighted by atomic mass is 10.1. The zero-order valence-corrected chi connectivity index (χ0v) is 11.9. The number of ether oxygens (including phenoxy) is 1. The number of rotatable bonds is 1. The molecule has 0 atom stereocenters. The highest BCUT2D eigenvalue weighted by Gasteiger charge is 2.22. The lowest BCUT2D eigenvalue weighted by molar-refractivity contribution is 0.292. The Kier molecular flexibility index (Phi) is 2.75. The van der Waals surface area contributed by atoms with Crippen LogP contribution < -0.4 is 10.3 Å². The van der Waals surface area contributed by atoms with Gasteiger partial charge in [0.2, 0.25) is 0 Å². The number of hydrogen-bond acceptors (Lipinski definition) is 5. The van der Waals surface area contributed by atoms with Crippen molar-refractivity contribution in [1.82, 2.24) is 19.5 Å². The number of pyridine rings is 2. The molecule has 22 heavy (non-hydrogen) atoms. The van der Waals surface area contributed by atoms with Gasteiger partial charge in [-0.05, 0) is 25.1 Å². The molecule has 0 radical (unpaired) electrons. The molecule has 0 saturated heterocycles. The molecule has 0 spiro atoms. The lowest BCUT2D eigenvalue weighted by Gasteiger charge is -2.22. The molecule has 6 nitrogen and oxygen atoms in total. The Morgan fingerprint density at radius 2 is 1.95 bits per heavy atom. The van der Waals surface area contributed by atoms with Crippen molar-refractivity contribution in [3.8, 4) is 22.7 Å². The standard InChI is InChI=1S/C16H12N4O2/c1-10-18-7-11(8-19-10)20-13-9-22-14-3-2-6-17-16(14)12(13)4-5-15(20)21/h2-8H,9H2,1H3. The average molecular weight is 292 g/mol. The Balaban J connectivity index is 1.99. The van der Waals surface area contributed by atoms with E-state index in [2.05, 4.69) is 15.0 Å². The Morgan fingerprint density at radius 3 is 2.77 bits per heavy atom. The third kappa shape index (κ3) is 1.88. The van der Waals surface area contributed by atoms with Crippen LogP contribution in [0.4, 0.5) is 0 Å². The first kappa shape index (κ1) is 12.7. The summed E-state index contributed by atoms with van der Waals surface area (Å²) in [6.45, 7) is 2.11. The van der Waals surface area contributed by atoms with Gasteiger partial charge in [0.1, 0.15) is 23.9 Å². The van der Waals surface area contributed by atoms with Gasteiger partial charge in [-0.1, -0.05) is 0 Å². The third-order valence-corrected chi connectivity index (χ3v) is 3.61. The zero-order valence-electron chi connectivity index (χ0n) is 11.9. The van der Waals surface area contributed by atoms with E-state index in [9.17, 15) is 4.79 Å². The fourth-order valence-electron chi connectivity index (χ4n) is 2.58. The van der Waals surface area contributed by atoms with Crippen LogP contribution in [-0.2, 0) is 6.61 Å². The van der Waals surface area contributed by atoms with E-state index in [1.54, 1.807) is 36.1 Å². The molecule has 6 heteroatoms. The summed E-state index contributed by atoms with van der Waals surface area (Å²) in [4.78, 5) is 25.0. The van der Waals surface area contributed by atoms with E-state index in [0.717, 1.165) is 22.7 Å². The summed E-state index contributed by atoms with van der Waals surface area (Å²) in [6.07, 6.45) is 4.98. The molecule has 0 amide bonds. The van der Waals surface area contributed by atoms with E-state index in [-0.39, 0.29) is 5.56 Å². The van der Waals surface area contributed by atoms with Crippen molar-refractivity contribution >= 4 is 0 Å². The highest BCUT2D eigenvalue weighted by molar-refractivity contribution is 5.70. The minimum Gasteiger partial charge on any atom is -0.485 e. The Labute approximate surface area is 126 Å². The maximum absolute atomic E-state index is 12.3. The monoisotopic (exact) mass is 292 g/mol. The maximum atomic E-state index is 12.3. The topological polar surface area (TPSA) is 69.9 Å². The molecule has 0 bridgehead atoms. The minimum absolute atomic E-state index is 0.144. The van der Waals surface area contributed by atoms with Gasteiger partial charge in [0.15, 0.2) is 0 Å². The molecule has 4 heterocycles. The largest absolute Gasteiger partial charge is 0.485 e. The molecule has 0 saturated carbocycles. The van der Waals surface area contributed by atoms with Gasteiger partial charge in [-0.2, -0.15) is 0 Å². The summed E-state index contributed by atoms with van der Waals surface area (Å²) in [5.74, 6) is 1.38. The summed E-state index contributed by atoms with van der Waals surface area (Å²) in [6, 6.07) is 7.02. The molecule has 1 aliphatic heterocycles. The predicted molar refractivity (Wildman–Crippen MR) is 79.9 cm³/mol. The lowest BCUT2D eigenvalue weighted by Crippen LogP contribution is -2.25. The molecule has 0 aliphatic carbocycles. The Hall–Kier alpha value is -3.02. The fraction of sp³-hybridized carbons (Fsp3) is 0.125. The SMILES string of the molecule is Cc1ncc(-n2c3c(ccc2=O)-c2ncccc2OC3)cn1. The van der Waals surface area contributed by atoms with Gasteiger partial charge in [-0.3, -0.25) is 14.3 Å². The molecule has 0 fully saturated rings. The van der Waals surface area contributed by atoms with Gasteiger partial charge >= 0.3 is 0 Å². The fourth-order valence-corrected chi connectivity index (χ4v) is 2.58. The Bertz CT molecular complexity index is 916. The molecule has 4 rings (SSSR count). The molecule has 3 aromatic rings. The zero-order chi connectivity index (χ0) is 15.1. The van der Waals surface area contributed by atoms with Gasteiger partial charge in [0.05, 0.1) is 23.8 Å². The molecule has 0 N–H and O–H groups in total. The molecule has 3 aromatic heterocycles. The van der Waals surface area contributed by atoms with Crippen LogP contribution >= 0.6 is 0 Å². The molecule has 0 unspecified atom stereocenters. The van der Waals surface area contributed by atoms with E-state index in [1.807, 2.05) is 12.1 Å². The van der Waals surface area contributed by atoms with Crippen molar-refractivity contribution in [2.24, 2.45) is 0 Å². The van der Waals surface area contributed by atoms with Crippen molar-refractivity contribution in [3.63, 3.8) is 0 Å². The maximum Gasteiger partial charge on any atom is 0.255 e. The van der Waals surface area contributed by atoms with E-state index in [0.29, 0.717) is 18.1 Å². The van der Waals surface area contributed by atoms with Crippen LogP contribution in [0.25, 0.3) is 16.9 Å². The van der Waals surface area contributed by atoms with Crippen molar-refractivity contribution in [3.05, 3.63) is 64.7 Å². The molecule has 0 aromatic carbocycles. The number of aryl methyl sites for hydroxylation is 1. The van der Waals surface area contributed by atoms with Gasteiger partial charge in [0, 0.05) is 17.8 Å². The van der Waals surface area contributed by atoms with Crippen molar-refractivity contribution in [2.45, 2.75) is 13.5 Å². The summed E-state index contributed by atoms with van der Waals surface area (Å²) in [5, 5.41) is 0. The van der Waals surface area contributed by atoms with Crippen molar-refractivity contribution in [2.75, 3.05) is 0 Å². The van der Waals surface area contributed by atoms with Crippen molar-refractivity contribution < 1.29 is 4.74 Å². The third-order valence-electron chi connectivity index (χ3n) is 3.61. The summed E-state index contributed by atoms with van der Waals surface area (Å²) in [5.41, 5.74) is 2.86. The van der Waals surface area contributed by atoms with Crippen LogP contribution in [0.15, 0.2) is 47.7 Å². The van der Waals surface area contributed by atoms with Crippen LogP contribution in [0, 0.1) is 6.92 Å². The van der Waals surface area contributed by atoms with Gasteiger partial charge in [0.25, 0.3) is 5.56 Å². The number of fused-ring (bicyclic) bond motifs is 3. The van der Waals surface area contributed by atoms with Crippen LogP contribution in [-0.4, -0.2) is 19.5 Å². The van der Waals surface area contributed by atoms with Crippen LogP contribution in [0.5, 0.6) is 5.75 Å². The molecule has 1 aliphatic rings. The summed E-state index contributed by atoms with van der Waals surface area (Å²) in [7, 11) is 0. The van der Waals surface area contributed by atoms with Crippen LogP contribution in [0.1, 0.15) is 11.5 Å². The number of aromatic nitrogens is 4. The first-order valence-corrected chi connectivity index (χ1v) is 6.86. The Morgan fingerprint density at radius 1 is 1.14 bits per heavy atom. The van der Waals surface area contributed by atoms with Crippen LogP contribution in [0.3, 0.4) is 0 Å². The first-order chi connectivity index (χ1) is 10.7. The van der Waals surface area contributed by atoms with Gasteiger partial charge in [-0.15, -0.1) is 0 Å². The van der Waals surface area contributed by atoms with Crippen LogP contribution in [0.2, 0.25) is 0 Å². The van der Waals surface area contributed by atoms with Crippen molar-refractivity contribution in [1.29, 1.82) is 0 Å². The van der Waals surface area contributed by atoms with E-state index in [1.165, 1.54) is 6.07 Å². The molecular formula is C16H12N4O2. The summed E-state index contributed by atoms with van der Waals surface area (Å²) >= 11 is 0.